The lowest BCUT2D eigenvalue weighted by Crippen LogP contribution is -2.44. The Morgan fingerprint density at radius 2 is 1.59 bits per heavy atom. The summed E-state index contributed by atoms with van der Waals surface area (Å²) in [6, 6.07) is 23.0. The summed E-state index contributed by atoms with van der Waals surface area (Å²) in [4.78, 5) is 29.0. The first-order chi connectivity index (χ1) is 16.4. The van der Waals surface area contributed by atoms with E-state index in [1.165, 1.54) is 0 Å². The molecule has 0 amide bonds. The number of imidazole rings is 1. The highest BCUT2D eigenvalue weighted by molar-refractivity contribution is 6.27. The van der Waals surface area contributed by atoms with Crippen molar-refractivity contribution in [1.29, 1.82) is 0 Å². The third-order valence-corrected chi connectivity index (χ3v) is 6.19. The van der Waals surface area contributed by atoms with Gasteiger partial charge in [-0.25, -0.2) is 9.98 Å². The molecule has 172 valence electrons. The number of aromatic nitrogens is 2. The number of benzene rings is 3. The van der Waals surface area contributed by atoms with E-state index in [-0.39, 0.29) is 5.78 Å². The Kier molecular flexibility index (Phi) is 5.32. The van der Waals surface area contributed by atoms with Gasteiger partial charge in [-0.3, -0.25) is 4.79 Å². The van der Waals surface area contributed by atoms with E-state index in [2.05, 4.69) is 4.98 Å². The quantitative estimate of drug-likeness (QED) is 0.445. The van der Waals surface area contributed by atoms with Crippen LogP contribution >= 0.6 is 0 Å². The minimum absolute atomic E-state index is 0.00280. The molecule has 0 bridgehead atoms. The van der Waals surface area contributed by atoms with Crippen molar-refractivity contribution in [3.8, 4) is 11.5 Å². The molecule has 5 rings (SSSR count). The minimum Gasteiger partial charge on any atom is -0.497 e. The number of carbonyl (C=O) groups is 1. The highest BCUT2D eigenvalue weighted by atomic mass is 16.5. The van der Waals surface area contributed by atoms with E-state index < -0.39 is 11.5 Å². The predicted molar refractivity (Wildman–Crippen MR) is 133 cm³/mol. The Morgan fingerprint density at radius 3 is 2.24 bits per heavy atom. The maximum absolute atomic E-state index is 14.0. The zero-order valence-corrected chi connectivity index (χ0v) is 19.6. The number of anilines is 1. The molecular formula is C27H26N4O3. The number of hydrogen-bond donors (Lipinski definition) is 1. The summed E-state index contributed by atoms with van der Waals surface area (Å²) in [7, 11) is 3.21. The van der Waals surface area contributed by atoms with Crippen LogP contribution in [0.2, 0.25) is 0 Å². The number of H-pyrrole nitrogens is 1. The van der Waals surface area contributed by atoms with Crippen LogP contribution in [-0.2, 0) is 4.79 Å². The molecule has 0 aliphatic carbocycles. The normalized spacial score (nSPS) is 18.6. The smallest absolute Gasteiger partial charge is 0.176 e. The fourth-order valence-corrected chi connectivity index (χ4v) is 4.48. The van der Waals surface area contributed by atoms with Crippen LogP contribution in [0, 0.1) is 0 Å². The van der Waals surface area contributed by atoms with Crippen molar-refractivity contribution in [3.63, 3.8) is 0 Å². The van der Waals surface area contributed by atoms with Gasteiger partial charge in [0.1, 0.15) is 34.6 Å². The Balaban J connectivity index is 1.74. The fourth-order valence-electron chi connectivity index (χ4n) is 4.48. The van der Waals surface area contributed by atoms with Crippen LogP contribution in [0.3, 0.4) is 0 Å². The number of carbonyl (C=O) groups excluding carboxylic acids is 1. The van der Waals surface area contributed by atoms with E-state index >= 15 is 0 Å². The number of amidine groups is 1. The van der Waals surface area contributed by atoms with Gasteiger partial charge in [-0.15, -0.1) is 0 Å². The Hall–Kier alpha value is -4.13. The number of nitrogens with one attached hydrogen (secondary N) is 1. The second kappa shape index (κ2) is 8.33. The molecule has 3 aromatic carbocycles. The lowest BCUT2D eigenvalue weighted by molar-refractivity contribution is -0.121. The van der Waals surface area contributed by atoms with Crippen LogP contribution in [0.25, 0.3) is 11.0 Å². The minimum atomic E-state index is -0.894. The number of ether oxygens (including phenoxy) is 2. The second-order valence-electron chi connectivity index (χ2n) is 8.71. The van der Waals surface area contributed by atoms with Crippen LogP contribution in [0.5, 0.6) is 11.5 Å². The van der Waals surface area contributed by atoms with Crippen molar-refractivity contribution < 1.29 is 14.3 Å². The maximum atomic E-state index is 14.0. The number of aliphatic imine (C=N–C) groups is 1. The van der Waals surface area contributed by atoms with Crippen LogP contribution < -0.4 is 14.4 Å². The third kappa shape index (κ3) is 3.59. The molecule has 1 saturated heterocycles. The topological polar surface area (TPSA) is 79.8 Å². The largest absolute Gasteiger partial charge is 0.497 e. The molecule has 7 heteroatoms. The molecule has 1 atom stereocenters. The van der Waals surface area contributed by atoms with Crippen molar-refractivity contribution in [1.82, 2.24) is 9.97 Å². The molecule has 4 aromatic rings. The van der Waals surface area contributed by atoms with E-state index in [4.69, 9.17) is 19.5 Å². The summed E-state index contributed by atoms with van der Waals surface area (Å²) in [5.41, 5.74) is 2.30. The summed E-state index contributed by atoms with van der Waals surface area (Å²) in [6.45, 7) is 3.81. The van der Waals surface area contributed by atoms with E-state index in [0.717, 1.165) is 22.4 Å². The van der Waals surface area contributed by atoms with E-state index in [1.54, 1.807) is 20.3 Å². The van der Waals surface area contributed by atoms with Gasteiger partial charge >= 0.3 is 0 Å². The predicted octanol–water partition coefficient (Wildman–Crippen LogP) is 5.26. The monoisotopic (exact) mass is 454 g/mol. The summed E-state index contributed by atoms with van der Waals surface area (Å²) in [6.07, 6.45) is 0. The number of methoxy groups -OCH3 is 2. The molecule has 0 saturated carbocycles. The van der Waals surface area contributed by atoms with Gasteiger partial charge < -0.3 is 19.4 Å². The summed E-state index contributed by atoms with van der Waals surface area (Å²) >= 11 is 0. The standard InChI is InChI=1S/C27H26N4O3/c1-27(2)24(32)23(25-29-21-12-8-9-13-22(21)30-25)26(28-17-10-6-5-7-11-17)31(27)18-14-19(33-3)16-20(15-18)34-4/h5-16,23H,1-4H3,(H,29,30). The number of hydrogen-bond acceptors (Lipinski definition) is 5. The maximum Gasteiger partial charge on any atom is 0.176 e. The number of rotatable bonds is 5. The van der Waals surface area contributed by atoms with Gasteiger partial charge in [0.15, 0.2) is 5.78 Å². The zero-order chi connectivity index (χ0) is 23.9. The SMILES string of the molecule is COc1cc(OC)cc(N2C(=Nc3ccccc3)C(c3nc4ccccc4[nH]3)C(=O)C2(C)C)c1. The van der Waals surface area contributed by atoms with E-state index in [1.807, 2.05) is 85.5 Å². The molecule has 1 aliphatic heterocycles. The zero-order valence-electron chi connectivity index (χ0n) is 19.6. The molecule has 34 heavy (non-hydrogen) atoms. The third-order valence-electron chi connectivity index (χ3n) is 6.19. The Morgan fingerprint density at radius 1 is 0.941 bits per heavy atom. The molecule has 0 spiro atoms. The molecular weight excluding hydrogens is 428 g/mol. The second-order valence-corrected chi connectivity index (χ2v) is 8.71. The van der Waals surface area contributed by atoms with Crippen molar-refractivity contribution in [2.75, 3.05) is 19.1 Å². The molecule has 1 aromatic heterocycles. The van der Waals surface area contributed by atoms with Crippen LogP contribution in [-0.4, -0.2) is 41.3 Å². The van der Waals surface area contributed by atoms with Gasteiger partial charge in [-0.05, 0) is 38.1 Å². The van der Waals surface area contributed by atoms with E-state index in [0.29, 0.717) is 23.2 Å². The number of fused-ring (bicyclic) bond motifs is 1. The highest BCUT2D eigenvalue weighted by Crippen LogP contribution is 2.43. The lowest BCUT2D eigenvalue weighted by atomic mass is 9.93. The molecule has 0 radical (unpaired) electrons. The van der Waals surface area contributed by atoms with Gasteiger partial charge in [0.25, 0.3) is 0 Å². The molecule has 7 nitrogen and oxygen atoms in total. The number of ketones is 1. The number of Topliss-reactive ketones (excluding diaryl/α,β-unsaturated/α-hetero) is 1. The van der Waals surface area contributed by atoms with Crippen molar-refractivity contribution >= 4 is 34.0 Å². The highest BCUT2D eigenvalue weighted by Gasteiger charge is 2.53. The summed E-state index contributed by atoms with van der Waals surface area (Å²) < 4.78 is 11.0. The first kappa shape index (κ1) is 21.7. The number of nitrogens with zero attached hydrogens (tertiary/aromatic N) is 3. The van der Waals surface area contributed by atoms with Gasteiger partial charge in [-0.2, -0.15) is 0 Å². The average molecular weight is 455 g/mol. The van der Waals surface area contributed by atoms with Gasteiger partial charge in [0.05, 0.1) is 36.6 Å². The first-order valence-corrected chi connectivity index (χ1v) is 11.1. The molecule has 1 fully saturated rings. The van der Waals surface area contributed by atoms with Crippen molar-refractivity contribution in [3.05, 3.63) is 78.6 Å². The van der Waals surface area contributed by atoms with E-state index in [9.17, 15) is 4.79 Å². The Bertz CT molecular complexity index is 1340. The van der Waals surface area contributed by atoms with Crippen molar-refractivity contribution in [2.45, 2.75) is 25.3 Å². The molecule has 1 aliphatic rings. The summed E-state index contributed by atoms with van der Waals surface area (Å²) in [5.74, 6) is 1.76. The number of para-hydroxylation sites is 3. The van der Waals surface area contributed by atoms with Crippen LogP contribution in [0.15, 0.2) is 77.8 Å². The number of aromatic amines is 1. The lowest BCUT2D eigenvalue weighted by Gasteiger charge is -2.32. The molecule has 1 N–H and O–H groups in total. The fraction of sp³-hybridized carbons (Fsp3) is 0.222. The van der Waals surface area contributed by atoms with Crippen LogP contribution in [0.1, 0.15) is 25.6 Å². The van der Waals surface area contributed by atoms with Crippen molar-refractivity contribution in [2.24, 2.45) is 4.99 Å². The van der Waals surface area contributed by atoms with Gasteiger partial charge in [-0.1, -0.05) is 30.3 Å². The van der Waals surface area contributed by atoms with Gasteiger partial charge in [0, 0.05) is 18.2 Å². The van der Waals surface area contributed by atoms with Crippen LogP contribution in [0.4, 0.5) is 11.4 Å². The first-order valence-electron chi connectivity index (χ1n) is 11.1. The Labute approximate surface area is 198 Å². The molecule has 2 heterocycles. The molecule has 1 unspecified atom stereocenters. The average Bonchev–Trinajstić information content (AvgIpc) is 3.35. The summed E-state index contributed by atoms with van der Waals surface area (Å²) in [5, 5.41) is 0. The van der Waals surface area contributed by atoms with Gasteiger partial charge in [0.2, 0.25) is 0 Å².